The Morgan fingerprint density at radius 2 is 1.88 bits per heavy atom. The number of hydrogen-bond donors (Lipinski definition) is 1. The molecule has 17 heavy (non-hydrogen) atoms. The third-order valence-corrected chi connectivity index (χ3v) is 4.79. The van der Waals surface area contributed by atoms with Gasteiger partial charge < -0.3 is 10.6 Å². The first kappa shape index (κ1) is 11.7. The Morgan fingerprint density at radius 3 is 2.35 bits per heavy atom. The summed E-state index contributed by atoms with van der Waals surface area (Å²) in [5.41, 5.74) is 6.30. The zero-order valence-corrected chi connectivity index (χ0v) is 11.2. The monoisotopic (exact) mass is 250 g/mol. The lowest BCUT2D eigenvalue weighted by Gasteiger charge is -2.25. The molecule has 2 aliphatic carbocycles. The largest absolute Gasteiger partial charge is 0.322 e. The van der Waals surface area contributed by atoms with E-state index in [1.807, 2.05) is 0 Å². The lowest BCUT2D eigenvalue weighted by atomic mass is 10.2. The molecule has 0 radical (unpaired) electrons. The normalized spacial score (nSPS) is 22.0. The van der Waals surface area contributed by atoms with Gasteiger partial charge >= 0.3 is 0 Å². The Bertz CT molecular complexity index is 327. The first-order chi connectivity index (χ1) is 8.31. The molecule has 1 aromatic heterocycles. The Hall–Kier alpha value is -0.380. The van der Waals surface area contributed by atoms with E-state index >= 15 is 0 Å². The molecule has 0 aromatic carbocycles. The molecule has 3 heteroatoms. The van der Waals surface area contributed by atoms with Crippen LogP contribution in [0.3, 0.4) is 0 Å². The zero-order chi connectivity index (χ0) is 11.7. The minimum absolute atomic E-state index is 0.215. The summed E-state index contributed by atoms with van der Waals surface area (Å²) in [7, 11) is 0. The summed E-state index contributed by atoms with van der Waals surface area (Å²) in [6.07, 6.45) is 5.76. The first-order valence-electron chi connectivity index (χ1n) is 6.82. The van der Waals surface area contributed by atoms with Crippen LogP contribution < -0.4 is 5.73 Å². The van der Waals surface area contributed by atoms with Crippen molar-refractivity contribution >= 4 is 11.3 Å². The van der Waals surface area contributed by atoms with Crippen molar-refractivity contribution in [3.05, 3.63) is 22.4 Å². The summed E-state index contributed by atoms with van der Waals surface area (Å²) < 4.78 is 0. The second-order valence-corrected chi connectivity index (χ2v) is 6.71. The summed E-state index contributed by atoms with van der Waals surface area (Å²) in [6.45, 7) is 3.62. The van der Waals surface area contributed by atoms with E-state index in [1.54, 1.807) is 11.3 Å². The smallest absolute Gasteiger partial charge is 0.0519 e. The third-order valence-electron chi connectivity index (χ3n) is 3.79. The van der Waals surface area contributed by atoms with Crippen LogP contribution >= 0.6 is 11.3 Å². The molecular formula is C14H22N2S. The fourth-order valence-corrected chi connectivity index (χ4v) is 3.15. The van der Waals surface area contributed by atoms with E-state index in [9.17, 15) is 0 Å². The molecule has 0 amide bonds. The van der Waals surface area contributed by atoms with E-state index < -0.39 is 0 Å². The van der Waals surface area contributed by atoms with Crippen molar-refractivity contribution in [2.75, 3.05) is 19.6 Å². The molecule has 94 valence electrons. The molecule has 1 heterocycles. The number of nitrogens with two attached hydrogens (primary N) is 1. The van der Waals surface area contributed by atoms with Gasteiger partial charge in [0.05, 0.1) is 6.04 Å². The summed E-state index contributed by atoms with van der Waals surface area (Å²) in [4.78, 5) is 3.96. The molecule has 3 rings (SSSR count). The molecular weight excluding hydrogens is 228 g/mol. The summed E-state index contributed by atoms with van der Waals surface area (Å²) in [5, 5.41) is 2.13. The summed E-state index contributed by atoms with van der Waals surface area (Å²) in [5.74, 6) is 1.95. The fourth-order valence-electron chi connectivity index (χ4n) is 2.43. The average Bonchev–Trinajstić information content (AvgIpc) is 3.22. The molecule has 0 spiro atoms. The molecule has 2 N–H and O–H groups in total. The minimum Gasteiger partial charge on any atom is -0.322 e. The quantitative estimate of drug-likeness (QED) is 0.806. The van der Waals surface area contributed by atoms with Gasteiger partial charge in [-0.2, -0.15) is 0 Å². The van der Waals surface area contributed by atoms with Crippen LogP contribution in [0.25, 0.3) is 0 Å². The van der Waals surface area contributed by atoms with Gasteiger partial charge in [0, 0.05) is 24.5 Å². The number of hydrogen-bond acceptors (Lipinski definition) is 3. The van der Waals surface area contributed by atoms with Crippen molar-refractivity contribution in [2.24, 2.45) is 17.6 Å². The molecule has 0 aliphatic heterocycles. The molecule has 2 aliphatic rings. The van der Waals surface area contributed by atoms with Crippen molar-refractivity contribution in [3.8, 4) is 0 Å². The van der Waals surface area contributed by atoms with Crippen LogP contribution in [0, 0.1) is 11.8 Å². The lowest BCUT2D eigenvalue weighted by molar-refractivity contribution is 0.239. The molecule has 0 saturated heterocycles. The summed E-state index contributed by atoms with van der Waals surface area (Å²) in [6, 6.07) is 4.49. The van der Waals surface area contributed by atoms with E-state index in [0.717, 1.165) is 18.4 Å². The van der Waals surface area contributed by atoms with Gasteiger partial charge in [-0.3, -0.25) is 0 Å². The maximum atomic E-state index is 6.30. The first-order valence-corrected chi connectivity index (χ1v) is 7.70. The molecule has 1 atom stereocenters. The van der Waals surface area contributed by atoms with Gasteiger partial charge in [-0.15, -0.1) is 11.3 Å². The lowest BCUT2D eigenvalue weighted by Crippen LogP contribution is -2.35. The van der Waals surface area contributed by atoms with Crippen LogP contribution in [0.2, 0.25) is 0 Å². The van der Waals surface area contributed by atoms with Gasteiger partial charge in [0.25, 0.3) is 0 Å². The van der Waals surface area contributed by atoms with Crippen LogP contribution in [-0.4, -0.2) is 24.5 Å². The van der Waals surface area contributed by atoms with Gasteiger partial charge in [-0.25, -0.2) is 0 Å². The maximum Gasteiger partial charge on any atom is 0.0519 e. The standard InChI is InChI=1S/C14H22N2S/c15-13(14-2-1-7-17-14)10-16(8-11-3-4-11)9-12-5-6-12/h1-2,7,11-13H,3-6,8-10,15H2. The Kier molecular flexibility index (Phi) is 3.50. The topological polar surface area (TPSA) is 29.3 Å². The Balaban J connectivity index is 1.54. The van der Waals surface area contributed by atoms with Crippen molar-refractivity contribution in [1.29, 1.82) is 0 Å². The van der Waals surface area contributed by atoms with Crippen molar-refractivity contribution in [3.63, 3.8) is 0 Å². The molecule has 1 aromatic rings. The SMILES string of the molecule is NC(CN(CC1CC1)CC1CC1)c1cccs1. The predicted octanol–water partition coefficient (Wildman–Crippen LogP) is 2.87. The Labute approximate surface area is 108 Å². The molecule has 1 unspecified atom stereocenters. The molecule has 0 bridgehead atoms. The van der Waals surface area contributed by atoms with E-state index in [-0.39, 0.29) is 6.04 Å². The van der Waals surface area contributed by atoms with Gasteiger partial charge in [-0.05, 0) is 49.0 Å². The van der Waals surface area contributed by atoms with Crippen LogP contribution in [0.5, 0.6) is 0 Å². The summed E-state index contributed by atoms with van der Waals surface area (Å²) >= 11 is 1.79. The predicted molar refractivity (Wildman–Crippen MR) is 73.1 cm³/mol. The van der Waals surface area contributed by atoms with E-state index in [4.69, 9.17) is 5.73 Å². The van der Waals surface area contributed by atoms with Crippen LogP contribution in [-0.2, 0) is 0 Å². The van der Waals surface area contributed by atoms with Gasteiger partial charge in [0.2, 0.25) is 0 Å². The van der Waals surface area contributed by atoms with E-state index in [0.29, 0.717) is 0 Å². The second-order valence-electron chi connectivity index (χ2n) is 5.73. The zero-order valence-electron chi connectivity index (χ0n) is 10.3. The Morgan fingerprint density at radius 1 is 1.24 bits per heavy atom. The minimum atomic E-state index is 0.215. The van der Waals surface area contributed by atoms with E-state index in [2.05, 4.69) is 22.4 Å². The highest BCUT2D eigenvalue weighted by atomic mass is 32.1. The average molecular weight is 250 g/mol. The van der Waals surface area contributed by atoms with Crippen LogP contribution in [0.15, 0.2) is 17.5 Å². The molecule has 2 fully saturated rings. The van der Waals surface area contributed by atoms with Crippen LogP contribution in [0.1, 0.15) is 36.6 Å². The highest BCUT2D eigenvalue weighted by molar-refractivity contribution is 7.10. The maximum absolute atomic E-state index is 6.30. The molecule has 2 saturated carbocycles. The van der Waals surface area contributed by atoms with Gasteiger partial charge in [0.15, 0.2) is 0 Å². The van der Waals surface area contributed by atoms with E-state index in [1.165, 1.54) is 43.6 Å². The number of rotatable bonds is 7. The van der Waals surface area contributed by atoms with Crippen molar-refractivity contribution in [2.45, 2.75) is 31.7 Å². The van der Waals surface area contributed by atoms with Crippen LogP contribution in [0.4, 0.5) is 0 Å². The van der Waals surface area contributed by atoms with Crippen molar-refractivity contribution in [1.82, 2.24) is 4.90 Å². The highest BCUT2D eigenvalue weighted by Gasteiger charge is 2.29. The van der Waals surface area contributed by atoms with Gasteiger partial charge in [-0.1, -0.05) is 6.07 Å². The molecule has 2 nitrogen and oxygen atoms in total. The second kappa shape index (κ2) is 5.09. The van der Waals surface area contributed by atoms with Crippen molar-refractivity contribution < 1.29 is 0 Å². The third kappa shape index (κ3) is 3.54. The number of thiophene rings is 1. The van der Waals surface area contributed by atoms with Gasteiger partial charge in [0.1, 0.15) is 0 Å². The number of nitrogens with zero attached hydrogens (tertiary/aromatic N) is 1. The fraction of sp³-hybridized carbons (Fsp3) is 0.714. The highest BCUT2D eigenvalue weighted by Crippen LogP contribution is 2.34.